The quantitative estimate of drug-likeness (QED) is 0.302. The molecule has 2 rings (SSSR count). The van der Waals surface area contributed by atoms with Crippen molar-refractivity contribution in [2.45, 2.75) is 25.0 Å². The molecule has 1 fully saturated rings. The fourth-order valence-electron chi connectivity index (χ4n) is 1.88. The molecule has 20 heavy (non-hydrogen) atoms. The minimum Gasteiger partial charge on any atom is -0.400 e. The molecule has 0 aromatic carbocycles. The Morgan fingerprint density at radius 1 is 1.55 bits per heavy atom. The maximum Gasteiger partial charge on any atom is 0.214 e. The highest BCUT2D eigenvalue weighted by molar-refractivity contribution is 6.01. The number of hydrogen-bond acceptors (Lipinski definition) is 5. The zero-order chi connectivity index (χ0) is 15.1. The van der Waals surface area contributed by atoms with Gasteiger partial charge >= 0.3 is 0 Å². The first-order chi connectivity index (χ1) is 9.60. The number of H-pyrrole nitrogens is 1. The predicted molar refractivity (Wildman–Crippen MR) is 73.3 cm³/mol. The van der Waals surface area contributed by atoms with Crippen LogP contribution in [0.25, 0.3) is 0 Å². The fourth-order valence-corrected chi connectivity index (χ4v) is 1.88. The number of nitrogens with one attached hydrogen (secondary N) is 2. The van der Waals surface area contributed by atoms with E-state index >= 15 is 0 Å². The number of rotatable bonds is 3. The first kappa shape index (κ1) is 16.1. The maximum atomic E-state index is 9.00. The van der Waals surface area contributed by atoms with Gasteiger partial charge in [-0.15, -0.1) is 0 Å². The van der Waals surface area contributed by atoms with E-state index in [1.54, 1.807) is 6.20 Å². The summed E-state index contributed by atoms with van der Waals surface area (Å²) >= 11 is 0. The number of ether oxygens (including phenoxy) is 1. The van der Waals surface area contributed by atoms with Gasteiger partial charge in [0.15, 0.2) is 11.7 Å². The Kier molecular flexibility index (Phi) is 6.10. The molecule has 2 atom stereocenters. The molecule has 1 unspecified atom stereocenters. The summed E-state index contributed by atoms with van der Waals surface area (Å²) in [4.78, 5) is 10.6. The summed E-state index contributed by atoms with van der Waals surface area (Å²) in [6.07, 6.45) is 3.00. The summed E-state index contributed by atoms with van der Waals surface area (Å²) < 4.78 is 5.60. The van der Waals surface area contributed by atoms with Crippen molar-refractivity contribution in [2.75, 3.05) is 13.7 Å². The number of nitrogens with zero attached hydrogens (tertiary/aromatic N) is 2. The first-order valence-corrected chi connectivity index (χ1v) is 6.04. The topological polar surface area (TPSA) is 167 Å². The average molecular weight is 284 g/mol. The number of aliphatic hydroxyl groups is 2. The van der Waals surface area contributed by atoms with Gasteiger partial charge in [0.05, 0.1) is 30.7 Å². The van der Waals surface area contributed by atoms with E-state index < -0.39 is 0 Å². The number of aliphatic hydroxyl groups excluding tert-OH is 2. The van der Waals surface area contributed by atoms with Crippen LogP contribution in [0.15, 0.2) is 11.2 Å². The number of nitrogens with two attached hydrogens (primary N) is 2. The second-order valence-corrected chi connectivity index (χ2v) is 4.08. The lowest BCUT2D eigenvalue weighted by Crippen LogP contribution is -2.20. The van der Waals surface area contributed by atoms with Gasteiger partial charge in [-0.3, -0.25) is 5.41 Å². The minimum atomic E-state index is -0.372. The molecule has 9 nitrogen and oxygen atoms in total. The molecule has 1 aliphatic heterocycles. The van der Waals surface area contributed by atoms with E-state index in [4.69, 9.17) is 31.8 Å². The summed E-state index contributed by atoms with van der Waals surface area (Å²) in [5, 5.41) is 23.0. The number of imidazole rings is 1. The second kappa shape index (κ2) is 7.58. The molecule has 1 saturated heterocycles. The Balaban J connectivity index is 0.000000956. The number of hydrogen-bond donors (Lipinski definition) is 6. The minimum absolute atomic E-state index is 0.0193. The lowest BCUT2D eigenvalue weighted by atomic mass is 10.1. The van der Waals surface area contributed by atoms with Crippen LogP contribution in [0.2, 0.25) is 0 Å². The molecule has 112 valence electrons. The van der Waals surface area contributed by atoms with E-state index in [1.165, 1.54) is 0 Å². The van der Waals surface area contributed by atoms with Gasteiger partial charge in [0.1, 0.15) is 0 Å². The molecule has 2 heterocycles. The van der Waals surface area contributed by atoms with Crippen molar-refractivity contribution < 1.29 is 14.9 Å². The molecule has 8 N–H and O–H groups in total. The van der Waals surface area contributed by atoms with Gasteiger partial charge in [-0.2, -0.15) is 4.99 Å². The standard InChI is InChI=1S/C10H16N6O2.CH4O/c11-8(16-10(12)13)9-14-3-6(15-9)7-2-1-5(4-17)18-7;1-2/h3,5,7,17H,1-2,4H2,(H,14,15)(H5,11,12,13,16);2H,1H3/t5?,7-;/m1./s1. The third kappa shape index (κ3) is 4.02. The maximum absolute atomic E-state index is 9.00. The lowest BCUT2D eigenvalue weighted by Gasteiger charge is -2.09. The lowest BCUT2D eigenvalue weighted by molar-refractivity contribution is 0.00939. The van der Waals surface area contributed by atoms with Crippen molar-refractivity contribution in [3.05, 3.63) is 17.7 Å². The Bertz CT molecular complexity index is 472. The van der Waals surface area contributed by atoms with Crippen LogP contribution in [0.1, 0.15) is 30.5 Å². The highest BCUT2D eigenvalue weighted by Gasteiger charge is 2.27. The number of aromatic nitrogens is 2. The van der Waals surface area contributed by atoms with Crippen LogP contribution in [-0.4, -0.2) is 51.8 Å². The van der Waals surface area contributed by atoms with E-state index in [0.29, 0.717) is 5.82 Å². The van der Waals surface area contributed by atoms with E-state index in [-0.39, 0.29) is 30.6 Å². The van der Waals surface area contributed by atoms with Crippen LogP contribution in [0.3, 0.4) is 0 Å². The molecule has 0 bridgehead atoms. The van der Waals surface area contributed by atoms with Crippen LogP contribution in [0, 0.1) is 5.41 Å². The molecule has 1 aromatic rings. The Morgan fingerprint density at radius 2 is 2.25 bits per heavy atom. The van der Waals surface area contributed by atoms with Crippen molar-refractivity contribution in [1.29, 1.82) is 5.41 Å². The van der Waals surface area contributed by atoms with Crippen LogP contribution >= 0.6 is 0 Å². The Morgan fingerprint density at radius 3 is 2.80 bits per heavy atom. The molecular formula is C11H20N6O3. The zero-order valence-electron chi connectivity index (χ0n) is 11.2. The summed E-state index contributed by atoms with van der Waals surface area (Å²) in [6, 6.07) is 0. The summed E-state index contributed by atoms with van der Waals surface area (Å²) in [5.41, 5.74) is 11.5. The van der Waals surface area contributed by atoms with Crippen LogP contribution < -0.4 is 11.5 Å². The van der Waals surface area contributed by atoms with Crippen molar-refractivity contribution in [1.82, 2.24) is 9.97 Å². The van der Waals surface area contributed by atoms with Gasteiger partial charge < -0.3 is 31.4 Å². The molecule has 1 aromatic heterocycles. The molecule has 1 aliphatic rings. The van der Waals surface area contributed by atoms with E-state index in [9.17, 15) is 0 Å². The highest BCUT2D eigenvalue weighted by Crippen LogP contribution is 2.31. The second-order valence-electron chi connectivity index (χ2n) is 4.08. The Hall–Kier alpha value is -1.97. The zero-order valence-corrected chi connectivity index (χ0v) is 11.2. The number of amidine groups is 1. The smallest absolute Gasteiger partial charge is 0.214 e. The summed E-state index contributed by atoms with van der Waals surface area (Å²) in [6.45, 7) is 0.0193. The van der Waals surface area contributed by atoms with E-state index in [2.05, 4.69) is 15.0 Å². The molecule has 0 amide bonds. The van der Waals surface area contributed by atoms with Gasteiger partial charge in [-0.1, -0.05) is 0 Å². The van der Waals surface area contributed by atoms with Gasteiger partial charge in [-0.25, -0.2) is 4.98 Å². The SMILES string of the molecule is CO.N=C(N)/N=C(/N)c1ncc([C@H]2CCC(CO)O2)[nH]1. The predicted octanol–water partition coefficient (Wildman–Crippen LogP) is -1.17. The van der Waals surface area contributed by atoms with Crippen LogP contribution in [0.5, 0.6) is 0 Å². The number of aromatic amines is 1. The molecule has 0 saturated carbocycles. The summed E-state index contributed by atoms with van der Waals surface area (Å²) in [5.74, 6) is 0.0459. The average Bonchev–Trinajstić information content (AvgIpc) is 3.09. The van der Waals surface area contributed by atoms with Gasteiger partial charge in [-0.05, 0) is 12.8 Å². The largest absolute Gasteiger partial charge is 0.400 e. The Labute approximate surface area is 116 Å². The highest BCUT2D eigenvalue weighted by atomic mass is 16.5. The monoisotopic (exact) mass is 284 g/mol. The first-order valence-electron chi connectivity index (χ1n) is 6.04. The van der Waals surface area contributed by atoms with Crippen LogP contribution in [-0.2, 0) is 4.74 Å². The van der Waals surface area contributed by atoms with Crippen molar-refractivity contribution in [2.24, 2.45) is 16.5 Å². The number of guanidine groups is 1. The molecule has 0 aliphatic carbocycles. The van der Waals surface area contributed by atoms with E-state index in [1.807, 2.05) is 0 Å². The van der Waals surface area contributed by atoms with Gasteiger partial charge in [0.2, 0.25) is 5.96 Å². The third-order valence-electron chi connectivity index (χ3n) is 2.74. The van der Waals surface area contributed by atoms with Gasteiger partial charge in [0, 0.05) is 7.11 Å². The van der Waals surface area contributed by atoms with Crippen molar-refractivity contribution in [3.8, 4) is 0 Å². The number of aliphatic imine (C=N–C) groups is 1. The third-order valence-corrected chi connectivity index (χ3v) is 2.74. The van der Waals surface area contributed by atoms with E-state index in [0.717, 1.165) is 25.6 Å². The molecular weight excluding hydrogens is 264 g/mol. The fraction of sp³-hybridized carbons (Fsp3) is 0.545. The molecule has 0 spiro atoms. The molecule has 0 radical (unpaired) electrons. The van der Waals surface area contributed by atoms with Gasteiger partial charge in [0.25, 0.3) is 0 Å². The van der Waals surface area contributed by atoms with Crippen LogP contribution in [0.4, 0.5) is 0 Å². The summed E-state index contributed by atoms with van der Waals surface area (Å²) in [7, 11) is 1.00. The normalized spacial score (nSPS) is 22.2. The van der Waals surface area contributed by atoms with Crippen molar-refractivity contribution >= 4 is 11.8 Å². The van der Waals surface area contributed by atoms with Crippen molar-refractivity contribution in [3.63, 3.8) is 0 Å². The molecule has 9 heteroatoms.